The molecule has 0 spiro atoms. The van der Waals surface area contributed by atoms with Crippen LogP contribution >= 0.6 is 27.7 Å². The quantitative estimate of drug-likeness (QED) is 0.497. The topological polar surface area (TPSA) is 43.1 Å². The number of rotatable bonds is 5. The molecule has 2 aromatic carbocycles. The van der Waals surface area contributed by atoms with E-state index < -0.39 is 0 Å². The molecule has 0 bridgehead atoms. The van der Waals surface area contributed by atoms with Crippen LogP contribution in [-0.4, -0.2) is 21.1 Å². The molecule has 0 saturated carbocycles. The Bertz CT molecular complexity index is 753. The van der Waals surface area contributed by atoms with Crippen LogP contribution in [0.3, 0.4) is 0 Å². The van der Waals surface area contributed by atoms with E-state index in [-0.39, 0.29) is 0 Å². The molecular formula is C16H13BrN4S. The highest BCUT2D eigenvalue weighted by atomic mass is 79.9. The molecule has 0 aliphatic rings. The number of hydrogen-bond donors (Lipinski definition) is 0. The van der Waals surface area contributed by atoms with Gasteiger partial charge in [-0.15, -0.1) is 10.2 Å². The molecule has 0 N–H and O–H groups in total. The van der Waals surface area contributed by atoms with Gasteiger partial charge >= 0.3 is 0 Å². The first-order valence-electron chi connectivity index (χ1n) is 6.68. The highest BCUT2D eigenvalue weighted by Crippen LogP contribution is 2.20. The van der Waals surface area contributed by atoms with Crippen molar-refractivity contribution >= 4 is 33.9 Å². The Labute approximate surface area is 141 Å². The number of benzene rings is 2. The van der Waals surface area contributed by atoms with Crippen LogP contribution in [0.1, 0.15) is 11.1 Å². The van der Waals surface area contributed by atoms with E-state index in [1.807, 2.05) is 42.5 Å². The first-order chi connectivity index (χ1) is 10.8. The molecule has 4 nitrogen and oxygen atoms in total. The fraction of sp³-hybridized carbons (Fsp3) is 0.0625. The third kappa shape index (κ3) is 4.05. The summed E-state index contributed by atoms with van der Waals surface area (Å²) in [7, 11) is 0. The zero-order valence-corrected chi connectivity index (χ0v) is 14.0. The summed E-state index contributed by atoms with van der Waals surface area (Å²) >= 11 is 5.03. The van der Waals surface area contributed by atoms with Crippen molar-refractivity contribution in [2.75, 3.05) is 0 Å². The number of nitrogens with zero attached hydrogens (tertiary/aromatic N) is 4. The van der Waals surface area contributed by atoms with Gasteiger partial charge in [-0.3, -0.25) is 0 Å². The van der Waals surface area contributed by atoms with Gasteiger partial charge < -0.3 is 0 Å². The van der Waals surface area contributed by atoms with E-state index in [9.17, 15) is 0 Å². The van der Waals surface area contributed by atoms with Crippen molar-refractivity contribution in [2.45, 2.75) is 10.9 Å². The smallest absolute Gasteiger partial charge is 0.195 e. The van der Waals surface area contributed by atoms with Crippen molar-refractivity contribution in [1.82, 2.24) is 14.9 Å². The first kappa shape index (κ1) is 15.0. The summed E-state index contributed by atoms with van der Waals surface area (Å²) in [6.07, 6.45) is 3.41. The Balaban J connectivity index is 1.68. The molecule has 0 saturated heterocycles. The van der Waals surface area contributed by atoms with Crippen LogP contribution in [0.15, 0.2) is 75.7 Å². The minimum atomic E-state index is 0.775. The van der Waals surface area contributed by atoms with Gasteiger partial charge in [0.05, 0.1) is 6.21 Å². The molecule has 22 heavy (non-hydrogen) atoms. The average molecular weight is 373 g/mol. The zero-order chi connectivity index (χ0) is 15.2. The van der Waals surface area contributed by atoms with Crippen LogP contribution < -0.4 is 0 Å². The second kappa shape index (κ2) is 7.38. The lowest BCUT2D eigenvalue weighted by Gasteiger charge is -2.01. The monoisotopic (exact) mass is 372 g/mol. The third-order valence-electron chi connectivity index (χ3n) is 2.91. The maximum Gasteiger partial charge on any atom is 0.212 e. The van der Waals surface area contributed by atoms with Crippen LogP contribution in [0.4, 0.5) is 0 Å². The molecule has 1 heterocycles. The summed E-state index contributed by atoms with van der Waals surface area (Å²) < 4.78 is 2.74. The summed E-state index contributed by atoms with van der Waals surface area (Å²) in [4.78, 5) is 0. The standard InChI is InChI=1S/C16H13BrN4S/c17-15-8-6-13(7-9-15)10-19-21-12-18-20-16(21)22-11-14-4-2-1-3-5-14/h1-10,12H,11H2/b19-10+. The minimum Gasteiger partial charge on any atom is -0.195 e. The Morgan fingerprint density at radius 3 is 2.64 bits per heavy atom. The van der Waals surface area contributed by atoms with Gasteiger partial charge in [0.15, 0.2) is 0 Å². The normalized spacial score (nSPS) is 11.1. The molecule has 0 aliphatic carbocycles. The van der Waals surface area contributed by atoms with Gasteiger partial charge in [-0.05, 0) is 23.3 Å². The summed E-state index contributed by atoms with van der Waals surface area (Å²) in [5.74, 6) is 0.841. The number of aromatic nitrogens is 3. The molecule has 110 valence electrons. The van der Waals surface area contributed by atoms with E-state index >= 15 is 0 Å². The van der Waals surface area contributed by atoms with E-state index in [0.717, 1.165) is 20.9 Å². The number of hydrogen-bond acceptors (Lipinski definition) is 4. The lowest BCUT2D eigenvalue weighted by Crippen LogP contribution is -1.92. The van der Waals surface area contributed by atoms with Gasteiger partial charge in [0.1, 0.15) is 6.33 Å². The molecule has 1 aromatic heterocycles. The lowest BCUT2D eigenvalue weighted by molar-refractivity contribution is 0.767. The fourth-order valence-corrected chi connectivity index (χ4v) is 2.88. The Kier molecular flexibility index (Phi) is 5.03. The van der Waals surface area contributed by atoms with E-state index in [4.69, 9.17) is 0 Å². The summed E-state index contributed by atoms with van der Waals surface area (Å²) in [6.45, 7) is 0. The molecule has 0 aliphatic heterocycles. The van der Waals surface area contributed by atoms with Crippen LogP contribution in [0.25, 0.3) is 0 Å². The van der Waals surface area contributed by atoms with Gasteiger partial charge in [-0.25, -0.2) is 0 Å². The highest BCUT2D eigenvalue weighted by molar-refractivity contribution is 9.10. The Morgan fingerprint density at radius 1 is 1.09 bits per heavy atom. The minimum absolute atomic E-state index is 0.775. The largest absolute Gasteiger partial charge is 0.212 e. The Hall–Kier alpha value is -1.92. The van der Waals surface area contributed by atoms with E-state index in [1.165, 1.54) is 5.56 Å². The van der Waals surface area contributed by atoms with E-state index in [2.05, 4.69) is 43.4 Å². The molecular weight excluding hydrogens is 360 g/mol. The van der Waals surface area contributed by atoms with Gasteiger partial charge in [-0.2, -0.15) is 9.78 Å². The first-order valence-corrected chi connectivity index (χ1v) is 8.46. The summed E-state index contributed by atoms with van der Waals surface area (Å²) in [5, 5.41) is 13.2. The van der Waals surface area contributed by atoms with Crippen molar-refractivity contribution in [1.29, 1.82) is 0 Å². The van der Waals surface area contributed by atoms with Crippen molar-refractivity contribution in [2.24, 2.45) is 5.10 Å². The molecule has 0 amide bonds. The fourth-order valence-electron chi connectivity index (χ4n) is 1.79. The van der Waals surface area contributed by atoms with Gasteiger partial charge in [0.25, 0.3) is 0 Å². The average Bonchev–Trinajstić information content (AvgIpc) is 3.01. The molecule has 3 aromatic rings. The number of halogens is 1. The van der Waals surface area contributed by atoms with Crippen molar-refractivity contribution in [3.63, 3.8) is 0 Å². The molecule has 3 rings (SSSR count). The molecule has 0 radical (unpaired) electrons. The predicted molar refractivity (Wildman–Crippen MR) is 93.2 cm³/mol. The maximum absolute atomic E-state index is 4.41. The van der Waals surface area contributed by atoms with Gasteiger partial charge in [-0.1, -0.05) is 70.2 Å². The van der Waals surface area contributed by atoms with Crippen molar-refractivity contribution in [3.05, 3.63) is 76.5 Å². The second-order valence-electron chi connectivity index (χ2n) is 4.53. The van der Waals surface area contributed by atoms with Gasteiger partial charge in [0.2, 0.25) is 5.16 Å². The zero-order valence-electron chi connectivity index (χ0n) is 11.6. The van der Waals surface area contributed by atoms with Crippen molar-refractivity contribution in [3.8, 4) is 0 Å². The maximum atomic E-state index is 4.41. The third-order valence-corrected chi connectivity index (χ3v) is 4.45. The SMILES string of the molecule is Brc1ccc(/C=N/n2cnnc2SCc2ccccc2)cc1. The predicted octanol–water partition coefficient (Wildman–Crippen LogP) is 4.22. The molecule has 0 unspecified atom stereocenters. The Morgan fingerprint density at radius 2 is 1.86 bits per heavy atom. The van der Waals surface area contributed by atoms with Crippen LogP contribution in [-0.2, 0) is 5.75 Å². The number of thioether (sulfide) groups is 1. The summed E-state index contributed by atoms with van der Waals surface area (Å²) in [5.41, 5.74) is 2.27. The second-order valence-corrected chi connectivity index (χ2v) is 6.39. The van der Waals surface area contributed by atoms with Crippen LogP contribution in [0.5, 0.6) is 0 Å². The molecule has 6 heteroatoms. The van der Waals surface area contributed by atoms with Crippen LogP contribution in [0.2, 0.25) is 0 Å². The summed E-state index contributed by atoms with van der Waals surface area (Å²) in [6, 6.07) is 18.2. The molecule has 0 atom stereocenters. The molecule has 0 fully saturated rings. The lowest BCUT2D eigenvalue weighted by atomic mass is 10.2. The van der Waals surface area contributed by atoms with E-state index in [1.54, 1.807) is 29.0 Å². The van der Waals surface area contributed by atoms with E-state index in [0.29, 0.717) is 0 Å². The van der Waals surface area contributed by atoms with Crippen molar-refractivity contribution < 1.29 is 0 Å². The van der Waals surface area contributed by atoms with Gasteiger partial charge in [0, 0.05) is 10.2 Å². The van der Waals surface area contributed by atoms with Crippen LogP contribution in [0, 0.1) is 0 Å². The highest BCUT2D eigenvalue weighted by Gasteiger charge is 2.04.